The van der Waals surface area contributed by atoms with Crippen LogP contribution in [0.4, 0.5) is 4.39 Å². The molecule has 1 aromatic rings. The monoisotopic (exact) mass is 277 g/mol. The summed E-state index contributed by atoms with van der Waals surface area (Å²) in [4.78, 5) is 2.45. The molecule has 0 spiro atoms. The zero-order chi connectivity index (χ0) is 13.7. The highest BCUT2D eigenvalue weighted by Gasteiger charge is 2.47. The lowest BCUT2D eigenvalue weighted by Gasteiger charge is -2.34. The molecule has 3 nitrogen and oxygen atoms in total. The molecule has 3 atom stereocenters. The van der Waals surface area contributed by atoms with E-state index < -0.39 is 0 Å². The van der Waals surface area contributed by atoms with Crippen molar-refractivity contribution in [1.82, 2.24) is 4.90 Å². The highest BCUT2D eigenvalue weighted by Crippen LogP contribution is 2.48. The maximum absolute atomic E-state index is 13.6. The Hall–Kier alpha value is -1.13. The van der Waals surface area contributed by atoms with Gasteiger partial charge in [0.1, 0.15) is 11.6 Å². The topological polar surface area (TPSA) is 32.7 Å². The van der Waals surface area contributed by atoms with E-state index in [4.69, 9.17) is 4.74 Å². The summed E-state index contributed by atoms with van der Waals surface area (Å²) in [5.41, 5.74) is 0.970. The van der Waals surface area contributed by atoms with Crippen LogP contribution in [0, 0.1) is 23.6 Å². The van der Waals surface area contributed by atoms with Crippen LogP contribution in [0.15, 0.2) is 18.2 Å². The Labute approximate surface area is 118 Å². The number of hydrogen-bond donors (Lipinski definition) is 1. The Kier molecular flexibility index (Phi) is 2.97. The smallest absolute Gasteiger partial charge is 0.124 e. The second-order valence-corrected chi connectivity index (χ2v) is 6.44. The number of fused-ring (bicyclic) bond motifs is 3. The second-order valence-electron chi connectivity index (χ2n) is 6.44. The zero-order valence-corrected chi connectivity index (χ0v) is 11.5. The van der Waals surface area contributed by atoms with E-state index in [0.717, 1.165) is 30.3 Å². The van der Waals surface area contributed by atoms with E-state index >= 15 is 0 Å². The lowest BCUT2D eigenvalue weighted by molar-refractivity contribution is 0.118. The van der Waals surface area contributed by atoms with Gasteiger partial charge in [0, 0.05) is 43.1 Å². The summed E-state index contributed by atoms with van der Waals surface area (Å²) in [6, 6.07) is 5.03. The first-order chi connectivity index (χ1) is 9.76. The molecule has 2 fully saturated rings. The minimum absolute atomic E-state index is 0.191. The summed E-state index contributed by atoms with van der Waals surface area (Å²) >= 11 is 0. The minimum atomic E-state index is -0.202. The van der Waals surface area contributed by atoms with Gasteiger partial charge < -0.3 is 9.84 Å². The summed E-state index contributed by atoms with van der Waals surface area (Å²) in [6.07, 6.45) is 2.62. The normalized spacial score (nSPS) is 32.6. The molecule has 0 bridgehead atoms. The molecule has 4 heteroatoms. The largest absolute Gasteiger partial charge is 0.493 e. The van der Waals surface area contributed by atoms with Crippen molar-refractivity contribution in [2.24, 2.45) is 17.8 Å². The van der Waals surface area contributed by atoms with Crippen LogP contribution in [0.2, 0.25) is 0 Å². The highest BCUT2D eigenvalue weighted by atomic mass is 19.1. The number of benzene rings is 1. The van der Waals surface area contributed by atoms with Crippen molar-refractivity contribution >= 4 is 0 Å². The molecule has 20 heavy (non-hydrogen) atoms. The number of nitrogens with zero attached hydrogens (tertiary/aromatic N) is 1. The molecule has 0 unspecified atom stereocenters. The number of aliphatic hydroxyl groups excluding tert-OH is 1. The predicted octanol–water partition coefficient (Wildman–Crippen LogP) is 2.21. The molecule has 3 aliphatic rings. The van der Waals surface area contributed by atoms with E-state index in [2.05, 4.69) is 4.90 Å². The van der Waals surface area contributed by atoms with Gasteiger partial charge in [0.2, 0.25) is 0 Å². The van der Waals surface area contributed by atoms with Gasteiger partial charge in [-0.25, -0.2) is 4.39 Å². The standard InChI is InChI=1S/C16H20FNO2/c17-12-3-4-15-13(5-12)16-14(9-20-15)11(8-19)7-18(16)6-10-1-2-10/h3-5,10-11,14,16,19H,1-2,6-9H2/t11-,14-,16-/m0/s1. The number of aliphatic hydroxyl groups is 1. The lowest BCUT2D eigenvalue weighted by atomic mass is 9.85. The summed E-state index contributed by atoms with van der Waals surface area (Å²) in [5.74, 6) is 1.94. The number of hydrogen-bond acceptors (Lipinski definition) is 3. The fourth-order valence-electron chi connectivity index (χ4n) is 3.81. The first-order valence-electron chi connectivity index (χ1n) is 7.53. The van der Waals surface area contributed by atoms with Crippen molar-refractivity contribution in [3.8, 4) is 5.75 Å². The molecular formula is C16H20FNO2. The molecule has 0 radical (unpaired) electrons. The van der Waals surface area contributed by atoms with Crippen LogP contribution in [0.5, 0.6) is 5.75 Å². The van der Waals surface area contributed by atoms with Crippen LogP contribution < -0.4 is 4.74 Å². The Bertz CT molecular complexity index is 517. The van der Waals surface area contributed by atoms with Crippen LogP contribution in [-0.4, -0.2) is 36.3 Å². The average Bonchev–Trinajstić information content (AvgIpc) is 3.19. The molecule has 1 aliphatic carbocycles. The summed E-state index contributed by atoms with van der Waals surface area (Å²) in [6.45, 7) is 2.81. The minimum Gasteiger partial charge on any atom is -0.493 e. The van der Waals surface area contributed by atoms with E-state index in [1.165, 1.54) is 18.9 Å². The predicted molar refractivity (Wildman–Crippen MR) is 73.0 cm³/mol. The Morgan fingerprint density at radius 2 is 2.20 bits per heavy atom. The fourth-order valence-corrected chi connectivity index (χ4v) is 3.81. The van der Waals surface area contributed by atoms with Gasteiger partial charge in [-0.1, -0.05) is 0 Å². The van der Waals surface area contributed by atoms with Gasteiger partial charge in [0.25, 0.3) is 0 Å². The van der Waals surface area contributed by atoms with Gasteiger partial charge in [-0.15, -0.1) is 0 Å². The molecule has 1 N–H and O–H groups in total. The van der Waals surface area contributed by atoms with Crippen molar-refractivity contribution < 1.29 is 14.2 Å². The molecule has 0 aromatic heterocycles. The van der Waals surface area contributed by atoms with E-state index in [1.807, 2.05) is 0 Å². The van der Waals surface area contributed by atoms with E-state index in [9.17, 15) is 9.50 Å². The third-order valence-electron chi connectivity index (χ3n) is 5.02. The third kappa shape index (κ3) is 2.02. The third-order valence-corrected chi connectivity index (χ3v) is 5.02. The molecule has 108 valence electrons. The number of halogens is 1. The fraction of sp³-hybridized carbons (Fsp3) is 0.625. The van der Waals surface area contributed by atoms with Crippen molar-refractivity contribution in [3.63, 3.8) is 0 Å². The summed E-state index contributed by atoms with van der Waals surface area (Å²) < 4.78 is 19.4. The van der Waals surface area contributed by atoms with Gasteiger partial charge in [0.15, 0.2) is 0 Å². The van der Waals surface area contributed by atoms with Gasteiger partial charge >= 0.3 is 0 Å². The van der Waals surface area contributed by atoms with Gasteiger partial charge in [-0.05, 0) is 37.0 Å². The number of likely N-dealkylation sites (tertiary alicyclic amines) is 1. The SMILES string of the molecule is OC[C@@H]1CN(CC2CC2)[C@H]2c3cc(F)ccc3OC[C@@H]12. The van der Waals surface area contributed by atoms with Crippen LogP contribution >= 0.6 is 0 Å². The highest BCUT2D eigenvalue weighted by molar-refractivity contribution is 5.39. The molecule has 1 aromatic carbocycles. The lowest BCUT2D eigenvalue weighted by Crippen LogP contribution is -2.33. The van der Waals surface area contributed by atoms with Crippen molar-refractivity contribution in [1.29, 1.82) is 0 Å². The second kappa shape index (κ2) is 4.71. The quantitative estimate of drug-likeness (QED) is 0.919. The maximum Gasteiger partial charge on any atom is 0.124 e. The maximum atomic E-state index is 13.6. The van der Waals surface area contributed by atoms with Gasteiger partial charge in [-0.2, -0.15) is 0 Å². The van der Waals surface area contributed by atoms with Crippen LogP contribution in [0.25, 0.3) is 0 Å². The molecule has 1 saturated carbocycles. The average molecular weight is 277 g/mol. The molecular weight excluding hydrogens is 257 g/mol. The first-order valence-corrected chi connectivity index (χ1v) is 7.53. The zero-order valence-electron chi connectivity index (χ0n) is 11.5. The molecule has 2 heterocycles. The van der Waals surface area contributed by atoms with Crippen molar-refractivity contribution in [2.45, 2.75) is 18.9 Å². The molecule has 0 amide bonds. The van der Waals surface area contributed by atoms with Gasteiger partial charge in [-0.3, -0.25) is 4.90 Å². The van der Waals surface area contributed by atoms with E-state index in [-0.39, 0.29) is 30.3 Å². The molecule has 4 rings (SSSR count). The Morgan fingerprint density at radius 3 is 2.95 bits per heavy atom. The van der Waals surface area contributed by atoms with Crippen LogP contribution in [0.3, 0.4) is 0 Å². The summed E-state index contributed by atoms with van der Waals surface area (Å²) in [7, 11) is 0. The first kappa shape index (κ1) is 12.6. The van der Waals surface area contributed by atoms with E-state index in [0.29, 0.717) is 6.61 Å². The van der Waals surface area contributed by atoms with Crippen LogP contribution in [0.1, 0.15) is 24.4 Å². The number of ether oxygens (including phenoxy) is 1. The van der Waals surface area contributed by atoms with Crippen molar-refractivity contribution in [3.05, 3.63) is 29.6 Å². The van der Waals surface area contributed by atoms with Gasteiger partial charge in [0.05, 0.1) is 6.61 Å². The Morgan fingerprint density at radius 1 is 1.35 bits per heavy atom. The molecule has 1 saturated heterocycles. The number of rotatable bonds is 3. The summed E-state index contributed by atoms with van der Waals surface area (Å²) in [5, 5.41) is 9.62. The van der Waals surface area contributed by atoms with Crippen LogP contribution in [-0.2, 0) is 0 Å². The van der Waals surface area contributed by atoms with Crippen molar-refractivity contribution in [2.75, 3.05) is 26.3 Å². The van der Waals surface area contributed by atoms with E-state index in [1.54, 1.807) is 12.1 Å². The molecule has 2 aliphatic heterocycles. The Balaban J connectivity index is 1.70.